The van der Waals surface area contributed by atoms with Crippen LogP contribution in [-0.4, -0.2) is 89.3 Å². The number of hydrogen-bond acceptors (Lipinski definition) is 6. The predicted octanol–water partition coefficient (Wildman–Crippen LogP) is 2.15. The predicted molar refractivity (Wildman–Crippen MR) is 141 cm³/mol. The number of ether oxygens (including phenoxy) is 2. The lowest BCUT2D eigenvalue weighted by Gasteiger charge is -2.36. The highest BCUT2D eigenvalue weighted by molar-refractivity contribution is 6.03. The Morgan fingerprint density at radius 1 is 1.05 bits per heavy atom. The first-order valence-electron chi connectivity index (χ1n) is 13.6. The number of fused-ring (bicyclic) bond motifs is 2. The Labute approximate surface area is 223 Å². The number of likely N-dealkylation sites (tertiary alicyclic amines) is 1. The lowest BCUT2D eigenvalue weighted by Crippen LogP contribution is -2.56. The molecule has 0 aromatic heterocycles. The van der Waals surface area contributed by atoms with E-state index in [-0.39, 0.29) is 30.4 Å². The van der Waals surface area contributed by atoms with Crippen LogP contribution in [0.1, 0.15) is 33.6 Å². The number of unbranched alkanes of at least 4 members (excludes halogenated alkanes) is 1. The van der Waals surface area contributed by atoms with Crippen molar-refractivity contribution < 1.29 is 29.0 Å². The van der Waals surface area contributed by atoms with Crippen LogP contribution in [0.2, 0.25) is 0 Å². The number of amides is 3. The third-order valence-corrected chi connectivity index (χ3v) is 8.08. The standard InChI is InChI=1S/C29H37N3O6/c1-4-37-21-12-10-20(11-13-21)31-16-7-9-22-23(26(31)34)24-27(35)32(15-5-6-18-33)25-28(36)30(19(2)3)17-8-14-29(24,25)38-22/h7-14,19,22-25,33H,4-6,15-18H2,1-3H3/t22-,23+,24-,25?,29-/m0/s1. The van der Waals surface area contributed by atoms with Crippen molar-refractivity contribution in [2.24, 2.45) is 11.8 Å². The number of aliphatic hydroxyl groups excluding tert-OH is 1. The van der Waals surface area contributed by atoms with E-state index in [0.717, 1.165) is 5.75 Å². The summed E-state index contributed by atoms with van der Waals surface area (Å²) in [7, 11) is 0. The summed E-state index contributed by atoms with van der Waals surface area (Å²) in [6.45, 7) is 7.48. The Morgan fingerprint density at radius 3 is 2.50 bits per heavy atom. The van der Waals surface area contributed by atoms with Crippen LogP contribution in [0.3, 0.4) is 0 Å². The summed E-state index contributed by atoms with van der Waals surface area (Å²) in [5, 5.41) is 9.33. The summed E-state index contributed by atoms with van der Waals surface area (Å²) in [6, 6.07) is 6.44. The van der Waals surface area contributed by atoms with Crippen LogP contribution in [0.25, 0.3) is 0 Å². The molecular formula is C29H37N3O6. The summed E-state index contributed by atoms with van der Waals surface area (Å²) in [6.07, 6.45) is 8.00. The number of carbonyl (C=O) groups is 3. The second-order valence-corrected chi connectivity index (χ2v) is 10.6. The van der Waals surface area contributed by atoms with Gasteiger partial charge < -0.3 is 29.3 Å². The average Bonchev–Trinajstić information content (AvgIpc) is 3.20. The fourth-order valence-electron chi connectivity index (χ4n) is 6.37. The zero-order chi connectivity index (χ0) is 27.0. The van der Waals surface area contributed by atoms with Crippen molar-refractivity contribution >= 4 is 23.4 Å². The van der Waals surface area contributed by atoms with Gasteiger partial charge in [-0.3, -0.25) is 14.4 Å². The Kier molecular flexibility index (Phi) is 7.33. The molecule has 3 amide bonds. The normalized spacial score (nSPS) is 30.4. The van der Waals surface area contributed by atoms with Gasteiger partial charge in [0.05, 0.1) is 24.5 Å². The molecule has 2 saturated heterocycles. The quantitative estimate of drug-likeness (QED) is 0.414. The molecular weight excluding hydrogens is 486 g/mol. The fourth-order valence-corrected chi connectivity index (χ4v) is 6.37. The Bertz CT molecular complexity index is 1130. The molecule has 9 heteroatoms. The SMILES string of the molecule is CCOc1ccc(N2CC=C[C@@H]3O[C@]45C=CCN(C(C)C)C(=O)C4N(CCCCO)C(=O)[C@@H]5[C@@H]3C2=O)cc1. The molecule has 38 heavy (non-hydrogen) atoms. The van der Waals surface area contributed by atoms with Crippen molar-refractivity contribution in [3.63, 3.8) is 0 Å². The van der Waals surface area contributed by atoms with Gasteiger partial charge in [0, 0.05) is 38.0 Å². The number of anilines is 1. The first-order valence-corrected chi connectivity index (χ1v) is 13.6. The van der Waals surface area contributed by atoms with E-state index in [1.54, 1.807) is 14.7 Å². The number of hydrogen-bond donors (Lipinski definition) is 1. The maximum Gasteiger partial charge on any atom is 0.249 e. The van der Waals surface area contributed by atoms with E-state index >= 15 is 0 Å². The molecule has 1 aromatic rings. The van der Waals surface area contributed by atoms with Crippen molar-refractivity contribution in [3.8, 4) is 5.75 Å². The van der Waals surface area contributed by atoms with E-state index in [0.29, 0.717) is 44.8 Å². The molecule has 2 fully saturated rings. The van der Waals surface area contributed by atoms with Crippen LogP contribution < -0.4 is 9.64 Å². The van der Waals surface area contributed by atoms with E-state index in [1.807, 2.05) is 69.3 Å². The lowest BCUT2D eigenvalue weighted by molar-refractivity contribution is -0.148. The Morgan fingerprint density at radius 2 is 1.82 bits per heavy atom. The monoisotopic (exact) mass is 523 g/mol. The molecule has 0 saturated carbocycles. The average molecular weight is 524 g/mol. The third-order valence-electron chi connectivity index (χ3n) is 8.08. The second kappa shape index (κ2) is 10.5. The van der Waals surface area contributed by atoms with Crippen LogP contribution >= 0.6 is 0 Å². The Hall–Kier alpha value is -3.17. The molecule has 4 aliphatic rings. The number of benzene rings is 1. The molecule has 9 nitrogen and oxygen atoms in total. The molecule has 1 N–H and O–H groups in total. The van der Waals surface area contributed by atoms with E-state index in [1.165, 1.54) is 0 Å². The van der Waals surface area contributed by atoms with E-state index in [2.05, 4.69) is 0 Å². The van der Waals surface area contributed by atoms with Crippen molar-refractivity contribution in [3.05, 3.63) is 48.6 Å². The summed E-state index contributed by atoms with van der Waals surface area (Å²) in [4.78, 5) is 47.3. The van der Waals surface area contributed by atoms with Gasteiger partial charge in [-0.05, 0) is 57.9 Å². The molecule has 0 bridgehead atoms. The molecule has 5 atom stereocenters. The highest BCUT2D eigenvalue weighted by Crippen LogP contribution is 2.53. The first kappa shape index (κ1) is 26.4. The highest BCUT2D eigenvalue weighted by Gasteiger charge is 2.71. The smallest absolute Gasteiger partial charge is 0.249 e. The van der Waals surface area contributed by atoms with Gasteiger partial charge in [0.25, 0.3) is 0 Å². The van der Waals surface area contributed by atoms with Crippen LogP contribution in [0, 0.1) is 11.8 Å². The van der Waals surface area contributed by atoms with Crippen LogP contribution in [0.4, 0.5) is 5.69 Å². The maximum absolute atomic E-state index is 14.2. The molecule has 5 rings (SSSR count). The molecule has 204 valence electrons. The largest absolute Gasteiger partial charge is 0.494 e. The third kappa shape index (κ3) is 4.22. The maximum atomic E-state index is 14.2. The van der Waals surface area contributed by atoms with E-state index < -0.39 is 29.6 Å². The minimum absolute atomic E-state index is 0.00869. The summed E-state index contributed by atoms with van der Waals surface area (Å²) in [5.74, 6) is -1.46. The van der Waals surface area contributed by atoms with Crippen molar-refractivity contribution in [2.45, 2.75) is 57.4 Å². The highest BCUT2D eigenvalue weighted by atomic mass is 16.5. The fraction of sp³-hybridized carbons (Fsp3) is 0.552. The number of nitrogens with zero attached hydrogens (tertiary/aromatic N) is 3. The van der Waals surface area contributed by atoms with Crippen LogP contribution in [-0.2, 0) is 19.1 Å². The zero-order valence-corrected chi connectivity index (χ0v) is 22.3. The number of aliphatic hydroxyl groups is 1. The van der Waals surface area contributed by atoms with Gasteiger partial charge in [0.2, 0.25) is 17.7 Å². The van der Waals surface area contributed by atoms with E-state index in [4.69, 9.17) is 9.47 Å². The minimum atomic E-state index is -1.23. The van der Waals surface area contributed by atoms with Crippen molar-refractivity contribution in [1.29, 1.82) is 0 Å². The number of rotatable bonds is 8. The molecule has 4 aliphatic heterocycles. The summed E-state index contributed by atoms with van der Waals surface area (Å²) >= 11 is 0. The second-order valence-electron chi connectivity index (χ2n) is 10.6. The topological polar surface area (TPSA) is 99.6 Å². The molecule has 1 unspecified atom stereocenters. The van der Waals surface area contributed by atoms with Crippen LogP contribution in [0.15, 0.2) is 48.6 Å². The molecule has 1 spiro atoms. The molecule has 0 radical (unpaired) electrons. The van der Waals surface area contributed by atoms with Crippen LogP contribution in [0.5, 0.6) is 5.75 Å². The van der Waals surface area contributed by atoms with Gasteiger partial charge in [0.1, 0.15) is 17.4 Å². The van der Waals surface area contributed by atoms with Crippen molar-refractivity contribution in [2.75, 3.05) is 37.7 Å². The molecule has 0 aliphatic carbocycles. The minimum Gasteiger partial charge on any atom is -0.494 e. The summed E-state index contributed by atoms with van der Waals surface area (Å²) in [5.41, 5.74) is -0.515. The zero-order valence-electron chi connectivity index (χ0n) is 22.3. The first-order chi connectivity index (χ1) is 18.3. The Balaban J connectivity index is 1.53. The van der Waals surface area contributed by atoms with Gasteiger partial charge in [-0.15, -0.1) is 0 Å². The van der Waals surface area contributed by atoms with Crippen molar-refractivity contribution in [1.82, 2.24) is 9.80 Å². The number of carbonyl (C=O) groups excluding carboxylic acids is 3. The van der Waals surface area contributed by atoms with Gasteiger partial charge in [0.15, 0.2) is 0 Å². The molecule has 1 aromatic carbocycles. The van der Waals surface area contributed by atoms with Gasteiger partial charge in [-0.1, -0.05) is 24.3 Å². The van der Waals surface area contributed by atoms with Gasteiger partial charge in [-0.2, -0.15) is 0 Å². The molecule has 4 heterocycles. The lowest BCUT2D eigenvalue weighted by atomic mass is 9.77. The van der Waals surface area contributed by atoms with Gasteiger partial charge in [-0.25, -0.2) is 0 Å². The van der Waals surface area contributed by atoms with E-state index in [9.17, 15) is 19.5 Å². The summed E-state index contributed by atoms with van der Waals surface area (Å²) < 4.78 is 12.2. The van der Waals surface area contributed by atoms with Gasteiger partial charge >= 0.3 is 0 Å².